The third-order valence-electron chi connectivity index (χ3n) is 6.77. The summed E-state index contributed by atoms with van der Waals surface area (Å²) in [5, 5.41) is 12.4. The Morgan fingerprint density at radius 3 is 2.97 bits per heavy atom. The maximum absolute atomic E-state index is 13.3. The molecule has 5 aromatic rings. The van der Waals surface area contributed by atoms with Crippen molar-refractivity contribution in [1.82, 2.24) is 39.4 Å². The van der Waals surface area contributed by atoms with Gasteiger partial charge in [-0.3, -0.25) is 9.48 Å². The van der Waals surface area contributed by atoms with Gasteiger partial charge in [0.05, 0.1) is 18.3 Å². The van der Waals surface area contributed by atoms with E-state index >= 15 is 0 Å². The number of pyridine rings is 1. The highest BCUT2D eigenvalue weighted by atomic mass is 16.5. The predicted octanol–water partition coefficient (Wildman–Crippen LogP) is 3.31. The smallest absolute Gasteiger partial charge is 0.278 e. The van der Waals surface area contributed by atoms with Crippen LogP contribution in [-0.2, 0) is 13.6 Å². The Labute approximate surface area is 218 Å². The molecule has 1 aliphatic heterocycles. The highest BCUT2D eigenvalue weighted by Crippen LogP contribution is 2.23. The van der Waals surface area contributed by atoms with Gasteiger partial charge >= 0.3 is 0 Å². The van der Waals surface area contributed by atoms with E-state index in [4.69, 9.17) is 14.7 Å². The molecular weight excluding hydrogens is 482 g/mol. The number of fused-ring (bicyclic) bond motifs is 2. The molecule has 0 spiro atoms. The zero-order chi connectivity index (χ0) is 26.2. The third-order valence-corrected chi connectivity index (χ3v) is 6.77. The van der Waals surface area contributed by atoms with Crippen LogP contribution in [0.1, 0.15) is 19.8 Å². The van der Waals surface area contributed by atoms with Gasteiger partial charge in [0.2, 0.25) is 11.8 Å². The lowest BCUT2D eigenvalue weighted by Gasteiger charge is -2.28. The Hall–Kier alpha value is -4.51. The fraction of sp³-hybridized carbons (Fsp3) is 0.296. The number of nitrogens with one attached hydrogen (secondary N) is 2. The van der Waals surface area contributed by atoms with E-state index in [1.807, 2.05) is 54.3 Å². The molecule has 1 fully saturated rings. The molecule has 1 saturated heterocycles. The number of aromatic nitrogens is 7. The lowest BCUT2D eigenvalue weighted by Crippen LogP contribution is -2.40. The number of nitrogens with zero attached hydrogens (tertiary/aromatic N) is 7. The molecule has 6 rings (SSSR count). The normalized spacial score (nSPS) is 17.6. The van der Waals surface area contributed by atoms with Crippen LogP contribution in [0.25, 0.3) is 27.8 Å². The van der Waals surface area contributed by atoms with Gasteiger partial charge in [-0.05, 0) is 50.6 Å². The average molecular weight is 512 g/mol. The number of allylic oxidation sites excluding steroid dienone is 1. The maximum atomic E-state index is 13.3. The van der Waals surface area contributed by atoms with Crippen molar-refractivity contribution >= 4 is 33.6 Å². The zero-order valence-electron chi connectivity index (χ0n) is 21.3. The minimum absolute atomic E-state index is 0.0843. The van der Waals surface area contributed by atoms with Gasteiger partial charge in [0.15, 0.2) is 11.5 Å². The first kappa shape index (κ1) is 23.9. The number of ether oxygens (including phenoxy) is 1. The molecule has 5 heterocycles. The van der Waals surface area contributed by atoms with Gasteiger partial charge in [-0.2, -0.15) is 15.1 Å². The number of hydrogen-bond acceptors (Lipinski definition) is 8. The second kappa shape index (κ2) is 9.75. The molecule has 1 aromatic carbocycles. The van der Waals surface area contributed by atoms with Crippen LogP contribution in [0.3, 0.4) is 0 Å². The van der Waals surface area contributed by atoms with E-state index in [0.717, 1.165) is 36.0 Å². The van der Waals surface area contributed by atoms with Crippen LogP contribution in [0.4, 0.5) is 11.6 Å². The predicted molar refractivity (Wildman–Crippen MR) is 146 cm³/mol. The van der Waals surface area contributed by atoms with Crippen LogP contribution < -0.4 is 20.9 Å². The maximum Gasteiger partial charge on any atom is 0.278 e. The third kappa shape index (κ3) is 4.41. The molecule has 2 N–H and O–H groups in total. The fourth-order valence-corrected chi connectivity index (χ4v) is 4.93. The minimum atomic E-state index is -0.219. The minimum Gasteiger partial charge on any atom is -0.474 e. The van der Waals surface area contributed by atoms with Crippen LogP contribution in [0.2, 0.25) is 0 Å². The van der Waals surface area contributed by atoms with Gasteiger partial charge in [-0.25, -0.2) is 14.3 Å². The van der Waals surface area contributed by atoms with Gasteiger partial charge in [0.1, 0.15) is 11.5 Å². The van der Waals surface area contributed by atoms with E-state index in [0.29, 0.717) is 34.7 Å². The molecule has 1 aliphatic rings. The van der Waals surface area contributed by atoms with Gasteiger partial charge in [0, 0.05) is 36.4 Å². The largest absolute Gasteiger partial charge is 0.474 e. The molecule has 11 heteroatoms. The Kier molecular flexibility index (Phi) is 6.12. The van der Waals surface area contributed by atoms with Crippen molar-refractivity contribution in [1.29, 1.82) is 0 Å². The average Bonchev–Trinajstić information content (AvgIpc) is 3.41. The molecule has 0 amide bonds. The number of anilines is 2. The molecule has 4 aromatic heterocycles. The van der Waals surface area contributed by atoms with E-state index in [2.05, 4.69) is 34.2 Å². The summed E-state index contributed by atoms with van der Waals surface area (Å²) in [6, 6.07) is 11.9. The molecule has 194 valence electrons. The fourth-order valence-electron chi connectivity index (χ4n) is 4.93. The second-order valence-corrected chi connectivity index (χ2v) is 9.54. The van der Waals surface area contributed by atoms with E-state index in [1.165, 1.54) is 0 Å². The highest BCUT2D eigenvalue weighted by Gasteiger charge is 2.22. The molecule has 0 aliphatic carbocycles. The van der Waals surface area contributed by atoms with Crippen LogP contribution in [-0.4, -0.2) is 52.8 Å². The van der Waals surface area contributed by atoms with Crippen molar-refractivity contribution < 1.29 is 4.74 Å². The summed E-state index contributed by atoms with van der Waals surface area (Å²) in [5.74, 6) is 1.40. The van der Waals surface area contributed by atoms with Gasteiger partial charge in [-0.1, -0.05) is 12.1 Å². The number of hydrogen-bond donors (Lipinski definition) is 2. The first-order chi connectivity index (χ1) is 18.5. The first-order valence-electron chi connectivity index (χ1n) is 12.7. The van der Waals surface area contributed by atoms with Gasteiger partial charge in [0.25, 0.3) is 5.56 Å². The monoisotopic (exact) mass is 511 g/mol. The molecule has 38 heavy (non-hydrogen) atoms. The Balaban J connectivity index is 1.39. The van der Waals surface area contributed by atoms with E-state index in [9.17, 15) is 4.79 Å². The molecule has 0 saturated carbocycles. The molecule has 0 radical (unpaired) electrons. The summed E-state index contributed by atoms with van der Waals surface area (Å²) < 4.78 is 11.3. The lowest BCUT2D eigenvalue weighted by atomic mass is 10.0. The van der Waals surface area contributed by atoms with Crippen molar-refractivity contribution in [2.24, 2.45) is 7.05 Å². The topological polar surface area (TPSA) is 117 Å². The summed E-state index contributed by atoms with van der Waals surface area (Å²) in [5.41, 5.74) is 2.06. The molecule has 11 nitrogen and oxygen atoms in total. The summed E-state index contributed by atoms with van der Waals surface area (Å²) in [6.07, 6.45) is 6.93. The lowest BCUT2D eigenvalue weighted by molar-refractivity contribution is 0.138. The Morgan fingerprint density at radius 2 is 2.13 bits per heavy atom. The SMILES string of the molecule is C=CCn1c(=O)c2cnc(Nc3ccc4c(cnn4C)c3)nc2n1-c1cccc(O[C@H]2CCN[C@H](C)C2)n1. The van der Waals surface area contributed by atoms with Crippen molar-refractivity contribution in [3.8, 4) is 11.7 Å². The molecule has 2 atom stereocenters. The number of rotatable bonds is 7. The van der Waals surface area contributed by atoms with Gasteiger partial charge < -0.3 is 15.4 Å². The molecule has 0 bridgehead atoms. The molecular formula is C27H29N9O2. The van der Waals surface area contributed by atoms with E-state index in [-0.39, 0.29) is 18.2 Å². The van der Waals surface area contributed by atoms with E-state index in [1.54, 1.807) is 21.6 Å². The van der Waals surface area contributed by atoms with Crippen LogP contribution in [0.5, 0.6) is 5.88 Å². The molecule has 0 unspecified atom stereocenters. The van der Waals surface area contributed by atoms with Crippen molar-refractivity contribution in [3.05, 3.63) is 71.8 Å². The van der Waals surface area contributed by atoms with Crippen molar-refractivity contribution in [2.45, 2.75) is 38.5 Å². The summed E-state index contributed by atoms with van der Waals surface area (Å²) in [6.45, 7) is 7.17. The number of benzene rings is 1. The Bertz CT molecular complexity index is 1700. The zero-order valence-corrected chi connectivity index (χ0v) is 21.3. The second-order valence-electron chi connectivity index (χ2n) is 9.54. The quantitative estimate of drug-likeness (QED) is 0.320. The number of aryl methyl sites for hydroxylation is 1. The summed E-state index contributed by atoms with van der Waals surface area (Å²) in [4.78, 5) is 27.2. The first-order valence-corrected chi connectivity index (χ1v) is 12.7. The standard InChI is InChI=1S/C27H29N9O2/c1-4-12-35-26(37)21-16-29-27(31-19-8-9-22-18(14-19)15-30-34(22)3)33-25(21)36(35)23-6-5-7-24(32-23)38-20-10-11-28-17(2)13-20/h4-9,14-17,20,28H,1,10-13H2,2-3H3,(H,29,31,33)/t17-,20+/m1/s1. The van der Waals surface area contributed by atoms with Crippen molar-refractivity contribution in [2.75, 3.05) is 11.9 Å². The Morgan fingerprint density at radius 1 is 1.24 bits per heavy atom. The van der Waals surface area contributed by atoms with Crippen molar-refractivity contribution in [3.63, 3.8) is 0 Å². The van der Waals surface area contributed by atoms with Crippen LogP contribution in [0, 0.1) is 0 Å². The summed E-state index contributed by atoms with van der Waals surface area (Å²) >= 11 is 0. The summed E-state index contributed by atoms with van der Waals surface area (Å²) in [7, 11) is 1.90. The van der Waals surface area contributed by atoms with E-state index < -0.39 is 0 Å². The highest BCUT2D eigenvalue weighted by molar-refractivity contribution is 5.83. The van der Waals surface area contributed by atoms with Crippen LogP contribution >= 0.6 is 0 Å². The van der Waals surface area contributed by atoms with Gasteiger partial charge in [-0.15, -0.1) is 6.58 Å². The van der Waals surface area contributed by atoms with Crippen LogP contribution in [0.15, 0.2) is 66.2 Å². The number of piperidine rings is 1.